The Hall–Kier alpha value is -3.59. The van der Waals surface area contributed by atoms with E-state index in [1.807, 2.05) is 12.1 Å². The van der Waals surface area contributed by atoms with Crippen LogP contribution >= 0.6 is 11.6 Å². The Bertz CT molecular complexity index is 1010. The first-order chi connectivity index (χ1) is 15.7. The first-order valence-electron chi connectivity index (χ1n) is 10.4. The van der Waals surface area contributed by atoms with Crippen LogP contribution in [0.4, 0.5) is 0 Å². The summed E-state index contributed by atoms with van der Waals surface area (Å²) >= 11 is 6.01. The van der Waals surface area contributed by atoms with Crippen LogP contribution in [0.25, 0.3) is 0 Å². The molecule has 0 radical (unpaired) electrons. The second kappa shape index (κ2) is 13.1. The van der Waals surface area contributed by atoms with Gasteiger partial charge in [-0.1, -0.05) is 35.9 Å². The van der Waals surface area contributed by atoms with Crippen LogP contribution in [0, 0.1) is 0 Å². The van der Waals surface area contributed by atoms with Gasteiger partial charge < -0.3 is 27.2 Å². The Morgan fingerprint density at radius 3 is 2.52 bits per heavy atom. The summed E-state index contributed by atoms with van der Waals surface area (Å²) in [5.74, 6) is -1.96. The Morgan fingerprint density at radius 1 is 1.06 bits per heavy atom. The standard InChI is InChI=1S/C23H28ClN5O4/c24-19-6-2-4-16(12-19)17(13-21(31)32)8-10-27-20(30)14-29-22(33)18-5-1-3-15(11-18)7-9-28-23(25)26/h1-6,11-12,17H,7-10,13-14H2,(H,27,30)(H,29,33)(H,31,32)(H4,25,26,28). The van der Waals surface area contributed by atoms with Gasteiger partial charge in [0, 0.05) is 23.7 Å². The number of hydrogen-bond donors (Lipinski definition) is 5. The van der Waals surface area contributed by atoms with Crippen molar-refractivity contribution in [3.63, 3.8) is 0 Å². The minimum Gasteiger partial charge on any atom is -0.481 e. The van der Waals surface area contributed by atoms with Crippen LogP contribution in [0.5, 0.6) is 0 Å². The molecule has 2 amide bonds. The quantitative estimate of drug-likeness (QED) is 0.233. The van der Waals surface area contributed by atoms with Gasteiger partial charge in [-0.15, -0.1) is 0 Å². The lowest BCUT2D eigenvalue weighted by Crippen LogP contribution is -2.37. The molecule has 10 heteroatoms. The highest BCUT2D eigenvalue weighted by Crippen LogP contribution is 2.25. The molecule has 1 atom stereocenters. The van der Waals surface area contributed by atoms with Crippen molar-refractivity contribution in [2.24, 2.45) is 16.5 Å². The Balaban J connectivity index is 1.81. The normalized spacial score (nSPS) is 11.3. The van der Waals surface area contributed by atoms with Crippen molar-refractivity contribution >= 4 is 35.3 Å². The lowest BCUT2D eigenvalue weighted by Gasteiger charge is -2.16. The number of carbonyl (C=O) groups is 3. The van der Waals surface area contributed by atoms with Gasteiger partial charge in [-0.3, -0.25) is 19.4 Å². The number of aliphatic imine (C=N–C) groups is 1. The molecule has 176 valence electrons. The van der Waals surface area contributed by atoms with Crippen molar-refractivity contribution in [3.05, 3.63) is 70.2 Å². The summed E-state index contributed by atoms with van der Waals surface area (Å²) in [6, 6.07) is 14.0. The smallest absolute Gasteiger partial charge is 0.303 e. The molecule has 0 heterocycles. The number of nitrogens with two attached hydrogens (primary N) is 2. The fourth-order valence-electron chi connectivity index (χ4n) is 3.25. The van der Waals surface area contributed by atoms with Gasteiger partial charge in [-0.25, -0.2) is 0 Å². The fraction of sp³-hybridized carbons (Fsp3) is 0.304. The third-order valence-electron chi connectivity index (χ3n) is 4.85. The zero-order chi connectivity index (χ0) is 24.2. The second-order valence-electron chi connectivity index (χ2n) is 7.43. The molecule has 0 aliphatic heterocycles. The number of carbonyl (C=O) groups excluding carboxylic acids is 2. The third-order valence-corrected chi connectivity index (χ3v) is 5.08. The van der Waals surface area contributed by atoms with E-state index < -0.39 is 5.97 Å². The summed E-state index contributed by atoms with van der Waals surface area (Å²) in [5, 5.41) is 15.0. The lowest BCUT2D eigenvalue weighted by molar-refractivity contribution is -0.137. The van der Waals surface area contributed by atoms with E-state index in [2.05, 4.69) is 15.6 Å². The molecule has 33 heavy (non-hydrogen) atoms. The van der Waals surface area contributed by atoms with Crippen molar-refractivity contribution in [2.45, 2.75) is 25.2 Å². The van der Waals surface area contributed by atoms with Crippen molar-refractivity contribution in [2.75, 3.05) is 19.6 Å². The van der Waals surface area contributed by atoms with Crippen LogP contribution in [0.1, 0.15) is 40.2 Å². The number of benzene rings is 2. The van der Waals surface area contributed by atoms with Crippen LogP contribution in [0.15, 0.2) is 53.5 Å². The maximum Gasteiger partial charge on any atom is 0.303 e. The van der Waals surface area contributed by atoms with Gasteiger partial charge in [0.15, 0.2) is 5.96 Å². The SMILES string of the molecule is NC(N)=NCCc1cccc(C(=O)NCC(=O)NCCC(CC(=O)O)c2cccc(Cl)c2)c1. The number of halogens is 1. The minimum atomic E-state index is -0.931. The van der Waals surface area contributed by atoms with Crippen molar-refractivity contribution < 1.29 is 19.5 Å². The lowest BCUT2D eigenvalue weighted by atomic mass is 9.92. The van der Waals surface area contributed by atoms with Crippen molar-refractivity contribution in [1.29, 1.82) is 0 Å². The summed E-state index contributed by atoms with van der Waals surface area (Å²) in [6.45, 7) is 0.477. The maximum absolute atomic E-state index is 12.4. The molecule has 0 bridgehead atoms. The Labute approximate surface area is 197 Å². The second-order valence-corrected chi connectivity index (χ2v) is 7.86. The largest absolute Gasteiger partial charge is 0.481 e. The molecule has 0 saturated heterocycles. The molecule has 1 unspecified atom stereocenters. The van der Waals surface area contributed by atoms with E-state index >= 15 is 0 Å². The first-order valence-corrected chi connectivity index (χ1v) is 10.8. The van der Waals surface area contributed by atoms with Gasteiger partial charge in [-0.05, 0) is 54.2 Å². The number of amides is 2. The van der Waals surface area contributed by atoms with Crippen LogP contribution in [0.2, 0.25) is 5.02 Å². The summed E-state index contributed by atoms with van der Waals surface area (Å²) in [6.07, 6.45) is 0.917. The predicted octanol–water partition coefficient (Wildman–Crippen LogP) is 1.65. The molecule has 0 aliphatic rings. The molecule has 2 aromatic rings. The molecule has 2 rings (SSSR count). The zero-order valence-electron chi connectivity index (χ0n) is 18.1. The van der Waals surface area contributed by atoms with E-state index in [0.717, 1.165) is 11.1 Å². The number of aliphatic carboxylic acids is 1. The van der Waals surface area contributed by atoms with Crippen LogP contribution in [0.3, 0.4) is 0 Å². The molecule has 2 aromatic carbocycles. The van der Waals surface area contributed by atoms with Crippen molar-refractivity contribution in [1.82, 2.24) is 10.6 Å². The third kappa shape index (κ3) is 9.61. The van der Waals surface area contributed by atoms with E-state index in [1.165, 1.54) is 0 Å². The van der Waals surface area contributed by atoms with Crippen molar-refractivity contribution in [3.8, 4) is 0 Å². The van der Waals surface area contributed by atoms with Crippen LogP contribution in [-0.4, -0.2) is 48.5 Å². The highest BCUT2D eigenvalue weighted by molar-refractivity contribution is 6.30. The molecule has 7 N–H and O–H groups in total. The van der Waals surface area contributed by atoms with Gasteiger partial charge in [-0.2, -0.15) is 0 Å². The number of carboxylic acids is 1. The molecule has 0 saturated carbocycles. The van der Waals surface area contributed by atoms with E-state index in [9.17, 15) is 19.5 Å². The minimum absolute atomic E-state index is 0.0109. The zero-order valence-corrected chi connectivity index (χ0v) is 18.8. The molecular weight excluding hydrogens is 446 g/mol. The molecule has 9 nitrogen and oxygen atoms in total. The van der Waals surface area contributed by atoms with Gasteiger partial charge in [0.1, 0.15) is 0 Å². The first kappa shape index (κ1) is 25.7. The summed E-state index contributed by atoms with van der Waals surface area (Å²) in [4.78, 5) is 39.6. The topological polar surface area (TPSA) is 160 Å². The average Bonchev–Trinajstić information content (AvgIpc) is 2.76. The molecule has 0 aliphatic carbocycles. The van der Waals surface area contributed by atoms with E-state index in [1.54, 1.807) is 36.4 Å². The van der Waals surface area contributed by atoms with Gasteiger partial charge >= 0.3 is 5.97 Å². The van der Waals surface area contributed by atoms with Crippen LogP contribution < -0.4 is 22.1 Å². The summed E-state index contributed by atoms with van der Waals surface area (Å²) < 4.78 is 0. The number of nitrogens with one attached hydrogen (secondary N) is 2. The number of carboxylic acid groups (broad SMARTS) is 1. The van der Waals surface area contributed by atoms with E-state index in [-0.39, 0.29) is 43.2 Å². The summed E-state index contributed by atoms with van der Waals surface area (Å²) in [5.41, 5.74) is 12.7. The summed E-state index contributed by atoms with van der Waals surface area (Å²) in [7, 11) is 0. The van der Waals surface area contributed by atoms with E-state index in [0.29, 0.717) is 30.0 Å². The molecule has 0 aromatic heterocycles. The highest BCUT2D eigenvalue weighted by Gasteiger charge is 2.16. The molecular formula is C23H28ClN5O4. The van der Waals surface area contributed by atoms with Crippen LogP contribution in [-0.2, 0) is 16.0 Å². The average molecular weight is 474 g/mol. The van der Waals surface area contributed by atoms with E-state index in [4.69, 9.17) is 23.1 Å². The molecule has 0 fully saturated rings. The number of rotatable bonds is 12. The monoisotopic (exact) mass is 473 g/mol. The predicted molar refractivity (Wildman–Crippen MR) is 127 cm³/mol. The fourth-order valence-corrected chi connectivity index (χ4v) is 3.45. The Morgan fingerprint density at radius 2 is 1.82 bits per heavy atom. The highest BCUT2D eigenvalue weighted by atomic mass is 35.5. The number of nitrogens with zero attached hydrogens (tertiary/aromatic N) is 1. The number of guanidine groups is 1. The maximum atomic E-state index is 12.4. The van der Waals surface area contributed by atoms with Gasteiger partial charge in [0.2, 0.25) is 5.91 Å². The van der Waals surface area contributed by atoms with Gasteiger partial charge in [0.25, 0.3) is 5.91 Å². The van der Waals surface area contributed by atoms with Gasteiger partial charge in [0.05, 0.1) is 13.0 Å². The Kier molecular flexibility index (Phi) is 10.2. The molecule has 0 spiro atoms. The number of hydrogen-bond acceptors (Lipinski definition) is 4.